The van der Waals surface area contributed by atoms with Crippen LogP contribution in [0.15, 0.2) is 24.3 Å². The van der Waals surface area contributed by atoms with Crippen LogP contribution in [-0.4, -0.2) is 29.4 Å². The predicted octanol–water partition coefficient (Wildman–Crippen LogP) is 1.92. The zero-order valence-electron chi connectivity index (χ0n) is 11.7. The van der Waals surface area contributed by atoms with E-state index in [9.17, 15) is 14.0 Å². The maximum atomic E-state index is 13.1. The van der Waals surface area contributed by atoms with Crippen LogP contribution in [0.25, 0.3) is 0 Å². The molecule has 0 radical (unpaired) electrons. The van der Waals surface area contributed by atoms with E-state index in [2.05, 4.69) is 5.32 Å². The lowest BCUT2D eigenvalue weighted by Crippen LogP contribution is -2.35. The second-order valence-corrected chi connectivity index (χ2v) is 4.96. The molecule has 0 aliphatic rings. The van der Waals surface area contributed by atoms with E-state index in [1.807, 2.05) is 0 Å². The van der Waals surface area contributed by atoms with Crippen molar-refractivity contribution < 1.29 is 19.1 Å². The summed E-state index contributed by atoms with van der Waals surface area (Å²) in [5.41, 5.74) is 0.272. The summed E-state index contributed by atoms with van der Waals surface area (Å²) in [5, 5.41) is 11.5. The molecule has 0 saturated heterocycles. The predicted molar refractivity (Wildman–Crippen MR) is 73.8 cm³/mol. The van der Waals surface area contributed by atoms with E-state index in [4.69, 9.17) is 5.11 Å². The molecule has 0 aromatic heterocycles. The minimum Gasteiger partial charge on any atom is -0.396 e. The zero-order chi connectivity index (χ0) is 15.1. The van der Waals surface area contributed by atoms with Crippen molar-refractivity contribution in [1.29, 1.82) is 0 Å². The molecule has 1 rings (SSSR count). The molecular formula is C15H20FNO3. The fourth-order valence-corrected chi connectivity index (χ4v) is 1.90. The van der Waals surface area contributed by atoms with Gasteiger partial charge in [-0.3, -0.25) is 9.59 Å². The summed E-state index contributed by atoms with van der Waals surface area (Å²) in [4.78, 5) is 23.8. The Hall–Kier alpha value is -1.75. The summed E-state index contributed by atoms with van der Waals surface area (Å²) in [6.45, 7) is 3.43. The van der Waals surface area contributed by atoms with Gasteiger partial charge in [-0.1, -0.05) is 19.1 Å². The molecule has 0 spiro atoms. The maximum Gasteiger partial charge on any atom is 0.220 e. The van der Waals surface area contributed by atoms with Gasteiger partial charge in [0.2, 0.25) is 5.91 Å². The summed E-state index contributed by atoms with van der Waals surface area (Å²) in [6, 6.07) is 5.31. The van der Waals surface area contributed by atoms with Crippen molar-refractivity contribution in [3.8, 4) is 0 Å². The van der Waals surface area contributed by atoms with E-state index >= 15 is 0 Å². The van der Waals surface area contributed by atoms with Crippen LogP contribution in [0.3, 0.4) is 0 Å². The van der Waals surface area contributed by atoms with Gasteiger partial charge in [-0.25, -0.2) is 4.39 Å². The maximum absolute atomic E-state index is 13.1. The third-order valence-corrected chi connectivity index (χ3v) is 3.02. The molecule has 2 atom stereocenters. The Morgan fingerprint density at radius 3 is 2.65 bits per heavy atom. The Morgan fingerprint density at radius 1 is 1.35 bits per heavy atom. The molecular weight excluding hydrogens is 261 g/mol. The number of aliphatic hydroxyl groups excluding tert-OH is 1. The topological polar surface area (TPSA) is 66.4 Å². The van der Waals surface area contributed by atoms with E-state index in [1.54, 1.807) is 13.8 Å². The van der Waals surface area contributed by atoms with Crippen LogP contribution in [0, 0.1) is 11.7 Å². The minimum atomic E-state index is -0.516. The average molecular weight is 281 g/mol. The van der Waals surface area contributed by atoms with Crippen molar-refractivity contribution in [3.63, 3.8) is 0 Å². The van der Waals surface area contributed by atoms with Crippen LogP contribution < -0.4 is 5.32 Å². The molecule has 2 N–H and O–H groups in total. The number of carbonyl (C=O) groups excluding carboxylic acids is 2. The molecule has 0 saturated carbocycles. The number of carbonyl (C=O) groups is 2. The lowest BCUT2D eigenvalue weighted by atomic mass is 9.96. The molecule has 4 nitrogen and oxygen atoms in total. The summed E-state index contributed by atoms with van der Waals surface area (Å²) >= 11 is 0. The summed E-state index contributed by atoms with van der Waals surface area (Å²) in [7, 11) is 0. The molecule has 0 fully saturated rings. The number of nitrogens with one attached hydrogen (secondary N) is 1. The van der Waals surface area contributed by atoms with E-state index in [1.165, 1.54) is 24.3 Å². The van der Waals surface area contributed by atoms with Gasteiger partial charge in [0.05, 0.1) is 0 Å². The van der Waals surface area contributed by atoms with Gasteiger partial charge in [0.1, 0.15) is 5.82 Å². The first-order valence-electron chi connectivity index (χ1n) is 6.64. The molecule has 0 aliphatic carbocycles. The second kappa shape index (κ2) is 7.75. The number of hydrogen-bond donors (Lipinski definition) is 2. The van der Waals surface area contributed by atoms with E-state index in [0.717, 1.165) is 0 Å². The fraction of sp³-hybridized carbons (Fsp3) is 0.467. The van der Waals surface area contributed by atoms with Gasteiger partial charge in [-0.15, -0.1) is 0 Å². The summed E-state index contributed by atoms with van der Waals surface area (Å²) in [6.07, 6.45) is 0.517. The first-order chi connectivity index (χ1) is 9.43. The lowest BCUT2D eigenvalue weighted by Gasteiger charge is -2.15. The van der Waals surface area contributed by atoms with Crippen LogP contribution in [0.5, 0.6) is 0 Å². The number of rotatable bonds is 7. The van der Waals surface area contributed by atoms with Crippen LogP contribution in [-0.2, 0) is 4.79 Å². The summed E-state index contributed by atoms with van der Waals surface area (Å²) < 4.78 is 13.1. The summed E-state index contributed by atoms with van der Waals surface area (Å²) in [5.74, 6) is -1.49. The molecule has 0 aliphatic heterocycles. The molecule has 110 valence electrons. The van der Waals surface area contributed by atoms with Gasteiger partial charge in [-0.05, 0) is 25.5 Å². The number of benzene rings is 1. The van der Waals surface area contributed by atoms with E-state index in [-0.39, 0.29) is 36.3 Å². The van der Waals surface area contributed by atoms with Gasteiger partial charge < -0.3 is 10.4 Å². The monoisotopic (exact) mass is 281 g/mol. The van der Waals surface area contributed by atoms with Gasteiger partial charge in [0, 0.05) is 30.6 Å². The Balaban J connectivity index is 2.55. The smallest absolute Gasteiger partial charge is 0.220 e. The van der Waals surface area contributed by atoms with Gasteiger partial charge in [0.15, 0.2) is 5.78 Å². The number of aliphatic hydroxyl groups is 1. The molecule has 1 unspecified atom stereocenters. The SMILES string of the molecule is CC(CC(=O)N[C@H](C)CCO)C(=O)c1cccc(F)c1. The van der Waals surface area contributed by atoms with Crippen molar-refractivity contribution in [2.24, 2.45) is 5.92 Å². The second-order valence-electron chi connectivity index (χ2n) is 4.96. The van der Waals surface area contributed by atoms with Crippen molar-refractivity contribution in [2.45, 2.75) is 32.7 Å². The highest BCUT2D eigenvalue weighted by Crippen LogP contribution is 2.13. The Bertz CT molecular complexity index is 476. The Morgan fingerprint density at radius 2 is 2.05 bits per heavy atom. The molecule has 0 bridgehead atoms. The molecule has 1 aromatic carbocycles. The molecule has 0 heterocycles. The standard InChI is InChI=1S/C15H20FNO3/c1-10(8-14(19)17-11(2)6-7-18)15(20)12-4-3-5-13(16)9-12/h3-5,9-11,18H,6-8H2,1-2H3,(H,17,19)/t10?,11-/m1/s1. The largest absolute Gasteiger partial charge is 0.396 e. The number of hydrogen-bond acceptors (Lipinski definition) is 3. The minimum absolute atomic E-state index is 0.000771. The van der Waals surface area contributed by atoms with Crippen LogP contribution >= 0.6 is 0 Å². The number of halogens is 1. The highest BCUT2D eigenvalue weighted by atomic mass is 19.1. The highest BCUT2D eigenvalue weighted by molar-refractivity contribution is 5.99. The van der Waals surface area contributed by atoms with E-state index in [0.29, 0.717) is 6.42 Å². The number of ketones is 1. The first kappa shape index (κ1) is 16.3. The Labute approximate surface area is 118 Å². The number of Topliss-reactive ketones (excluding diaryl/α,β-unsaturated/α-hetero) is 1. The van der Waals surface area contributed by atoms with Crippen molar-refractivity contribution in [1.82, 2.24) is 5.32 Å². The Kier molecular flexibility index (Phi) is 6.31. The third-order valence-electron chi connectivity index (χ3n) is 3.02. The first-order valence-corrected chi connectivity index (χ1v) is 6.64. The molecule has 1 aromatic rings. The van der Waals surface area contributed by atoms with Gasteiger partial charge in [0.25, 0.3) is 0 Å². The third kappa shape index (κ3) is 5.09. The molecule has 20 heavy (non-hydrogen) atoms. The fourth-order valence-electron chi connectivity index (χ4n) is 1.90. The van der Waals surface area contributed by atoms with Crippen LogP contribution in [0.1, 0.15) is 37.0 Å². The van der Waals surface area contributed by atoms with Gasteiger partial charge in [-0.2, -0.15) is 0 Å². The lowest BCUT2D eigenvalue weighted by molar-refractivity contribution is -0.122. The van der Waals surface area contributed by atoms with Crippen LogP contribution in [0.2, 0.25) is 0 Å². The van der Waals surface area contributed by atoms with E-state index < -0.39 is 11.7 Å². The normalized spacial score (nSPS) is 13.6. The molecule has 1 amide bonds. The average Bonchev–Trinajstić information content (AvgIpc) is 2.37. The molecule has 5 heteroatoms. The zero-order valence-corrected chi connectivity index (χ0v) is 11.7. The van der Waals surface area contributed by atoms with Crippen LogP contribution in [0.4, 0.5) is 4.39 Å². The number of amides is 1. The van der Waals surface area contributed by atoms with Crippen molar-refractivity contribution >= 4 is 11.7 Å². The quantitative estimate of drug-likeness (QED) is 0.750. The van der Waals surface area contributed by atoms with Crippen molar-refractivity contribution in [2.75, 3.05) is 6.61 Å². The van der Waals surface area contributed by atoms with Gasteiger partial charge >= 0.3 is 0 Å². The van der Waals surface area contributed by atoms with Crippen molar-refractivity contribution in [3.05, 3.63) is 35.6 Å². The highest BCUT2D eigenvalue weighted by Gasteiger charge is 2.19.